The molecule has 4 heteroatoms. The van der Waals surface area contributed by atoms with Crippen LogP contribution in [0.5, 0.6) is 5.75 Å². The molecule has 0 bridgehead atoms. The van der Waals surface area contributed by atoms with E-state index in [4.69, 9.17) is 14.7 Å². The van der Waals surface area contributed by atoms with Gasteiger partial charge in [-0.25, -0.2) is 9.98 Å². The van der Waals surface area contributed by atoms with Crippen molar-refractivity contribution in [3.8, 4) is 16.9 Å². The van der Waals surface area contributed by atoms with Gasteiger partial charge >= 0.3 is 0 Å². The van der Waals surface area contributed by atoms with Crippen LogP contribution in [-0.2, 0) is 11.8 Å². The summed E-state index contributed by atoms with van der Waals surface area (Å²) in [7, 11) is 0. The predicted molar refractivity (Wildman–Crippen MR) is 215 cm³/mol. The van der Waals surface area contributed by atoms with E-state index in [1.165, 1.54) is 55.7 Å². The van der Waals surface area contributed by atoms with Crippen molar-refractivity contribution >= 4 is 22.8 Å². The van der Waals surface area contributed by atoms with Crippen LogP contribution in [0.25, 0.3) is 22.3 Å². The topological polar surface area (TPSA) is 46.0 Å². The Bertz CT molecular complexity index is 2580. The molecular formula is C49H39N3O. The van der Waals surface area contributed by atoms with E-state index in [1.54, 1.807) is 5.57 Å². The number of nitrogens with one attached hydrogen (secondary N) is 1. The largest absolute Gasteiger partial charge is 0.485 e. The van der Waals surface area contributed by atoms with E-state index in [-0.39, 0.29) is 23.6 Å². The lowest BCUT2D eigenvalue weighted by Gasteiger charge is -2.27. The number of allylic oxidation sites excluding steroid dienone is 6. The Balaban J connectivity index is 0.967. The van der Waals surface area contributed by atoms with E-state index in [2.05, 4.69) is 159 Å². The highest BCUT2D eigenvalue weighted by Crippen LogP contribution is 2.56. The molecule has 53 heavy (non-hydrogen) atoms. The van der Waals surface area contributed by atoms with Gasteiger partial charge in [-0.05, 0) is 99.2 Å². The molecule has 0 saturated carbocycles. The summed E-state index contributed by atoms with van der Waals surface area (Å²) < 4.78 is 6.44. The third-order valence-corrected chi connectivity index (χ3v) is 12.2. The third kappa shape index (κ3) is 4.74. The molecule has 3 atom stereocenters. The zero-order valence-corrected chi connectivity index (χ0v) is 29.9. The molecule has 0 fully saturated rings. The molecule has 2 heterocycles. The summed E-state index contributed by atoms with van der Waals surface area (Å²) >= 11 is 0. The molecule has 0 amide bonds. The lowest BCUT2D eigenvalue weighted by atomic mass is 9.77. The first-order valence-corrected chi connectivity index (χ1v) is 18.9. The Morgan fingerprint density at radius 1 is 0.736 bits per heavy atom. The van der Waals surface area contributed by atoms with Gasteiger partial charge in [0.25, 0.3) is 0 Å². The maximum Gasteiger partial charge on any atom is 0.169 e. The van der Waals surface area contributed by atoms with Crippen molar-refractivity contribution in [3.63, 3.8) is 0 Å². The maximum atomic E-state index is 6.44. The molecule has 0 spiro atoms. The summed E-state index contributed by atoms with van der Waals surface area (Å²) in [6.07, 6.45) is 12.4. The number of para-hydroxylation sites is 1. The number of benzene rings is 5. The highest BCUT2D eigenvalue weighted by atomic mass is 16.5. The lowest BCUT2D eigenvalue weighted by Crippen LogP contribution is -2.36. The van der Waals surface area contributed by atoms with Crippen molar-refractivity contribution < 1.29 is 4.74 Å². The second-order valence-electron chi connectivity index (χ2n) is 15.6. The molecule has 4 nitrogen and oxygen atoms in total. The first-order valence-electron chi connectivity index (χ1n) is 18.9. The van der Waals surface area contributed by atoms with Crippen molar-refractivity contribution in [2.24, 2.45) is 9.98 Å². The minimum absolute atomic E-state index is 0.0441. The van der Waals surface area contributed by atoms with E-state index >= 15 is 0 Å². The molecule has 0 radical (unpaired) electrons. The quantitative estimate of drug-likeness (QED) is 0.205. The number of hydrogen-bond donors (Lipinski definition) is 1. The Labute approximate surface area is 310 Å². The van der Waals surface area contributed by atoms with Gasteiger partial charge in [-0.15, -0.1) is 0 Å². The number of nitrogens with zero attached hydrogens (tertiary/aromatic N) is 2. The first-order chi connectivity index (χ1) is 26.0. The predicted octanol–water partition coefficient (Wildman–Crippen LogP) is 10.7. The number of rotatable bonds is 4. The van der Waals surface area contributed by atoms with Crippen LogP contribution in [0.4, 0.5) is 0 Å². The van der Waals surface area contributed by atoms with Gasteiger partial charge in [-0.2, -0.15) is 0 Å². The first kappa shape index (κ1) is 30.6. The molecule has 256 valence electrons. The molecule has 4 aliphatic carbocycles. The van der Waals surface area contributed by atoms with Crippen LogP contribution in [0, 0.1) is 0 Å². The normalized spacial score (nSPS) is 22.5. The lowest BCUT2D eigenvalue weighted by molar-refractivity contribution is 0.267. The van der Waals surface area contributed by atoms with Gasteiger partial charge in [-0.1, -0.05) is 135 Å². The van der Waals surface area contributed by atoms with Gasteiger partial charge in [0.05, 0.1) is 0 Å². The minimum Gasteiger partial charge on any atom is -0.485 e. The number of aliphatic imine (C=N–C) groups is 2. The Morgan fingerprint density at radius 2 is 1.55 bits per heavy atom. The number of amidine groups is 2. The van der Waals surface area contributed by atoms with Gasteiger partial charge in [-0.3, -0.25) is 0 Å². The fourth-order valence-corrected chi connectivity index (χ4v) is 9.51. The molecule has 5 aromatic rings. The molecule has 3 unspecified atom stereocenters. The standard InChI is InChI=1S/C49H39N3O/c1-49(2)41-26-31(22-23-36(41)39-27-40-37-19-8-9-21-43(37)53-44(40)28-42(39)49)30-15-10-17-34(24-30)47-50-46(29-12-4-3-5-13-29)51-48(52-47)38-20-11-16-33-25-32-14-6-7-18-35(32)45(33)38/h3-5,7-13,15-24,26-28,40,44,46H,6,14,25H2,1-2H3,(H,50,51,52). The zero-order valence-electron chi connectivity index (χ0n) is 29.9. The maximum absolute atomic E-state index is 6.44. The summed E-state index contributed by atoms with van der Waals surface area (Å²) in [5, 5.41) is 3.73. The Hall–Kier alpha value is -6.00. The van der Waals surface area contributed by atoms with Crippen LogP contribution in [0.2, 0.25) is 0 Å². The summed E-state index contributed by atoms with van der Waals surface area (Å²) in [5.41, 5.74) is 17.8. The average molecular weight is 686 g/mol. The van der Waals surface area contributed by atoms with Crippen LogP contribution in [0.3, 0.4) is 0 Å². The molecule has 5 aromatic carbocycles. The van der Waals surface area contributed by atoms with Crippen molar-refractivity contribution in [1.82, 2.24) is 5.32 Å². The summed E-state index contributed by atoms with van der Waals surface area (Å²) in [6.45, 7) is 4.71. The van der Waals surface area contributed by atoms with Gasteiger partial charge < -0.3 is 10.1 Å². The van der Waals surface area contributed by atoms with Crippen molar-refractivity contribution in [3.05, 3.63) is 195 Å². The van der Waals surface area contributed by atoms with E-state index in [9.17, 15) is 0 Å². The van der Waals surface area contributed by atoms with Gasteiger partial charge in [0.2, 0.25) is 0 Å². The van der Waals surface area contributed by atoms with Gasteiger partial charge in [0.1, 0.15) is 23.5 Å². The molecule has 6 aliphatic rings. The van der Waals surface area contributed by atoms with E-state index in [0.717, 1.165) is 53.4 Å². The highest BCUT2D eigenvalue weighted by Gasteiger charge is 2.44. The number of fused-ring (bicyclic) bond motifs is 8. The van der Waals surface area contributed by atoms with Gasteiger partial charge in [0.15, 0.2) is 6.17 Å². The fourth-order valence-electron chi connectivity index (χ4n) is 9.51. The summed E-state index contributed by atoms with van der Waals surface area (Å²) in [5.74, 6) is 2.97. The second-order valence-corrected chi connectivity index (χ2v) is 15.6. The zero-order chi connectivity index (χ0) is 35.3. The second kappa shape index (κ2) is 11.5. The SMILES string of the molecule is CC1(C)C2=CC3Oc4ccccc4C3C=C2c2ccc(-c3cccc(C4=NC(c5ccccc5)N=C(c5cccc6c5C5=C(CCC=C5)C6)N4)c3)cc21. The fraction of sp³-hybridized carbons (Fsp3) is 0.184. The summed E-state index contributed by atoms with van der Waals surface area (Å²) in [6, 6.07) is 41.5. The molecular weight excluding hydrogens is 647 g/mol. The summed E-state index contributed by atoms with van der Waals surface area (Å²) in [4.78, 5) is 10.5. The van der Waals surface area contributed by atoms with E-state index in [1.807, 2.05) is 0 Å². The van der Waals surface area contributed by atoms with Crippen LogP contribution in [0.1, 0.15) is 83.3 Å². The van der Waals surface area contributed by atoms with Crippen LogP contribution in [-0.4, -0.2) is 17.8 Å². The average Bonchev–Trinajstić information content (AvgIpc) is 3.84. The number of ether oxygens (including phenoxy) is 1. The Kier molecular flexibility index (Phi) is 6.64. The van der Waals surface area contributed by atoms with Crippen molar-refractivity contribution in [1.29, 1.82) is 0 Å². The highest BCUT2D eigenvalue weighted by molar-refractivity contribution is 6.18. The molecule has 11 rings (SSSR count). The van der Waals surface area contributed by atoms with Crippen molar-refractivity contribution in [2.75, 3.05) is 0 Å². The van der Waals surface area contributed by atoms with E-state index < -0.39 is 0 Å². The van der Waals surface area contributed by atoms with Crippen LogP contribution >= 0.6 is 0 Å². The van der Waals surface area contributed by atoms with Crippen LogP contribution < -0.4 is 10.1 Å². The molecule has 1 N–H and O–H groups in total. The van der Waals surface area contributed by atoms with Crippen molar-refractivity contribution in [2.45, 2.75) is 56.7 Å². The van der Waals surface area contributed by atoms with Crippen LogP contribution in [0.15, 0.2) is 161 Å². The third-order valence-electron chi connectivity index (χ3n) is 12.2. The smallest absolute Gasteiger partial charge is 0.169 e. The monoisotopic (exact) mass is 685 g/mol. The Morgan fingerprint density at radius 3 is 2.47 bits per heavy atom. The molecule has 0 saturated heterocycles. The van der Waals surface area contributed by atoms with Gasteiger partial charge in [0, 0.05) is 28.0 Å². The minimum atomic E-state index is -0.347. The number of hydrogen-bond acceptors (Lipinski definition) is 4. The molecule has 2 aliphatic heterocycles. The van der Waals surface area contributed by atoms with E-state index in [0.29, 0.717) is 0 Å². The molecule has 0 aromatic heterocycles.